The maximum absolute atomic E-state index is 11.0. The Bertz CT molecular complexity index is 238. The first-order valence-electron chi connectivity index (χ1n) is 3.43. The number of hydrogen-bond acceptors (Lipinski definition) is 2. The van der Waals surface area contributed by atoms with Gasteiger partial charge in [0.1, 0.15) is 0 Å². The average Bonchev–Trinajstić information content (AvgIpc) is 2.30. The Morgan fingerprint density at radius 3 is 3.27 bits per heavy atom. The van der Waals surface area contributed by atoms with Crippen molar-refractivity contribution in [2.45, 2.75) is 0 Å². The molecular formula is C8H10N2O. The molecule has 0 aromatic carbocycles. The molecule has 0 fully saturated rings. The molecule has 58 valence electrons. The number of carbonyl (C=O) groups is 1. The summed E-state index contributed by atoms with van der Waals surface area (Å²) < 4.78 is 0. The Kier molecular flexibility index (Phi) is 2.60. The highest BCUT2D eigenvalue weighted by atomic mass is 16.1. The van der Waals surface area contributed by atoms with Gasteiger partial charge in [-0.3, -0.25) is 9.79 Å². The van der Waals surface area contributed by atoms with Crippen LogP contribution in [0.4, 0.5) is 0 Å². The van der Waals surface area contributed by atoms with E-state index in [-0.39, 0.29) is 5.91 Å². The molecule has 1 heterocycles. The molecule has 0 radical (unpaired) electrons. The van der Waals surface area contributed by atoms with E-state index < -0.39 is 0 Å². The fraction of sp³-hybridized carbons (Fsp3) is 0.250. The van der Waals surface area contributed by atoms with Gasteiger partial charge >= 0.3 is 0 Å². The lowest BCUT2D eigenvalue weighted by atomic mass is 10.2. The number of nitrogens with zero attached hydrogens (tertiary/aromatic N) is 1. The highest BCUT2D eigenvalue weighted by Gasteiger charge is 2.01. The van der Waals surface area contributed by atoms with Crippen LogP contribution < -0.4 is 5.32 Å². The van der Waals surface area contributed by atoms with Gasteiger partial charge in [0.05, 0.1) is 6.54 Å². The predicted octanol–water partition coefficient (Wildman–Crippen LogP) is 0.299. The molecule has 0 unspecified atom stereocenters. The van der Waals surface area contributed by atoms with Gasteiger partial charge in [-0.05, 0) is 6.08 Å². The number of hydrogen-bond donors (Lipinski definition) is 1. The van der Waals surface area contributed by atoms with Gasteiger partial charge in [-0.15, -0.1) is 0 Å². The Morgan fingerprint density at radius 1 is 1.73 bits per heavy atom. The Morgan fingerprint density at radius 2 is 2.55 bits per heavy atom. The second kappa shape index (κ2) is 3.71. The van der Waals surface area contributed by atoms with Crippen LogP contribution in [0.2, 0.25) is 0 Å². The molecule has 1 aliphatic heterocycles. The van der Waals surface area contributed by atoms with Crippen LogP contribution in [0.1, 0.15) is 0 Å². The lowest BCUT2D eigenvalue weighted by Crippen LogP contribution is -2.18. The first-order chi connectivity index (χ1) is 5.34. The third kappa shape index (κ3) is 2.04. The summed E-state index contributed by atoms with van der Waals surface area (Å²) in [5.74, 6) is -0.0744. The molecule has 0 saturated heterocycles. The first-order valence-corrected chi connectivity index (χ1v) is 3.43. The number of aliphatic imine (C=N–C) groups is 1. The summed E-state index contributed by atoms with van der Waals surface area (Å²) in [6, 6.07) is 0. The van der Waals surface area contributed by atoms with Crippen LogP contribution >= 0.6 is 0 Å². The molecule has 0 bridgehead atoms. The molecule has 1 amide bonds. The van der Waals surface area contributed by atoms with E-state index in [0.717, 1.165) is 0 Å². The molecule has 0 aromatic heterocycles. The van der Waals surface area contributed by atoms with Crippen molar-refractivity contribution < 1.29 is 4.79 Å². The topological polar surface area (TPSA) is 41.5 Å². The van der Waals surface area contributed by atoms with Gasteiger partial charge in [0.15, 0.2) is 0 Å². The van der Waals surface area contributed by atoms with Gasteiger partial charge in [-0.25, -0.2) is 0 Å². The summed E-state index contributed by atoms with van der Waals surface area (Å²) in [5.41, 5.74) is 0.647. The molecule has 1 aliphatic rings. The van der Waals surface area contributed by atoms with E-state index in [1.807, 2.05) is 6.08 Å². The lowest BCUT2D eigenvalue weighted by Gasteiger charge is -1.96. The monoisotopic (exact) mass is 150 g/mol. The fourth-order valence-corrected chi connectivity index (χ4v) is 0.786. The van der Waals surface area contributed by atoms with E-state index in [1.165, 1.54) is 0 Å². The second-order valence-electron chi connectivity index (χ2n) is 2.12. The van der Waals surface area contributed by atoms with Crippen molar-refractivity contribution >= 4 is 12.1 Å². The Hall–Kier alpha value is -1.38. The van der Waals surface area contributed by atoms with Crippen molar-refractivity contribution in [2.24, 2.45) is 4.99 Å². The van der Waals surface area contributed by atoms with Gasteiger partial charge in [0.25, 0.3) is 5.91 Å². The summed E-state index contributed by atoms with van der Waals surface area (Å²) in [7, 11) is 1.61. The molecular weight excluding hydrogens is 140 g/mol. The maximum Gasteiger partial charge on any atom is 0.251 e. The summed E-state index contributed by atoms with van der Waals surface area (Å²) >= 11 is 0. The second-order valence-corrected chi connectivity index (χ2v) is 2.12. The molecule has 0 aliphatic carbocycles. The molecule has 0 saturated carbocycles. The van der Waals surface area contributed by atoms with Crippen LogP contribution in [0.3, 0.4) is 0 Å². The van der Waals surface area contributed by atoms with E-state index >= 15 is 0 Å². The summed E-state index contributed by atoms with van der Waals surface area (Å²) in [6.45, 7) is 0.650. The zero-order valence-corrected chi connectivity index (χ0v) is 6.37. The van der Waals surface area contributed by atoms with Crippen LogP contribution in [0.15, 0.2) is 28.8 Å². The minimum absolute atomic E-state index is 0.0744. The number of amides is 1. The van der Waals surface area contributed by atoms with Gasteiger partial charge < -0.3 is 5.32 Å². The lowest BCUT2D eigenvalue weighted by molar-refractivity contribution is -0.116. The van der Waals surface area contributed by atoms with Crippen molar-refractivity contribution in [3.8, 4) is 0 Å². The number of nitrogens with one attached hydrogen (secondary N) is 1. The minimum atomic E-state index is -0.0744. The normalized spacial score (nSPS) is 15.5. The van der Waals surface area contributed by atoms with Crippen molar-refractivity contribution in [1.82, 2.24) is 5.32 Å². The van der Waals surface area contributed by atoms with Crippen LogP contribution in [0.25, 0.3) is 0 Å². The van der Waals surface area contributed by atoms with E-state index in [1.54, 1.807) is 25.4 Å². The minimum Gasteiger partial charge on any atom is -0.355 e. The molecule has 1 N–H and O–H groups in total. The third-order valence-electron chi connectivity index (χ3n) is 1.36. The highest BCUT2D eigenvalue weighted by molar-refractivity contribution is 5.99. The molecule has 3 nitrogen and oxygen atoms in total. The summed E-state index contributed by atoms with van der Waals surface area (Å²) in [6.07, 6.45) is 6.96. The van der Waals surface area contributed by atoms with Crippen LogP contribution in [0, 0.1) is 0 Å². The number of likely N-dealkylation sites (N-methyl/N-ethyl adjacent to an activating group) is 1. The third-order valence-corrected chi connectivity index (χ3v) is 1.36. The van der Waals surface area contributed by atoms with Crippen LogP contribution in [-0.2, 0) is 4.79 Å². The standard InChI is InChI=1S/C8H10N2O/c1-9-8(11)7-3-2-5-10-6-4-7/h2-4,6H,5H2,1H3,(H,9,11). The van der Waals surface area contributed by atoms with Crippen LogP contribution in [0.5, 0.6) is 0 Å². The molecule has 0 aromatic rings. The van der Waals surface area contributed by atoms with Crippen molar-refractivity contribution in [2.75, 3.05) is 13.6 Å². The average molecular weight is 150 g/mol. The largest absolute Gasteiger partial charge is 0.355 e. The fourth-order valence-electron chi connectivity index (χ4n) is 0.786. The van der Waals surface area contributed by atoms with Gasteiger partial charge in [-0.1, -0.05) is 12.2 Å². The van der Waals surface area contributed by atoms with Crippen molar-refractivity contribution in [3.05, 3.63) is 23.8 Å². The number of rotatable bonds is 1. The molecule has 0 spiro atoms. The molecule has 1 rings (SSSR count). The quantitative estimate of drug-likeness (QED) is 0.574. The molecule has 0 atom stereocenters. The summed E-state index contributed by atoms with van der Waals surface area (Å²) in [5, 5.41) is 2.54. The van der Waals surface area contributed by atoms with E-state index in [0.29, 0.717) is 12.1 Å². The SMILES string of the molecule is CNC(=O)C1=CC=NCC=C1. The maximum atomic E-state index is 11.0. The van der Waals surface area contributed by atoms with E-state index in [4.69, 9.17) is 0 Å². The van der Waals surface area contributed by atoms with Gasteiger partial charge in [0, 0.05) is 18.8 Å². The van der Waals surface area contributed by atoms with E-state index in [2.05, 4.69) is 10.3 Å². The Labute approximate surface area is 65.5 Å². The molecule has 11 heavy (non-hydrogen) atoms. The smallest absolute Gasteiger partial charge is 0.251 e. The highest BCUT2D eigenvalue weighted by Crippen LogP contribution is 1.98. The van der Waals surface area contributed by atoms with Crippen molar-refractivity contribution in [3.63, 3.8) is 0 Å². The van der Waals surface area contributed by atoms with E-state index in [9.17, 15) is 4.79 Å². The predicted molar refractivity (Wildman–Crippen MR) is 44.6 cm³/mol. The van der Waals surface area contributed by atoms with Gasteiger partial charge in [-0.2, -0.15) is 0 Å². The first kappa shape index (κ1) is 7.72. The number of allylic oxidation sites excluding steroid dienone is 1. The van der Waals surface area contributed by atoms with Crippen LogP contribution in [-0.4, -0.2) is 25.7 Å². The zero-order valence-electron chi connectivity index (χ0n) is 6.37. The van der Waals surface area contributed by atoms with Crippen molar-refractivity contribution in [1.29, 1.82) is 0 Å². The summed E-state index contributed by atoms with van der Waals surface area (Å²) in [4.78, 5) is 15.0. The van der Waals surface area contributed by atoms with Gasteiger partial charge in [0.2, 0.25) is 0 Å². The number of carbonyl (C=O) groups excluding carboxylic acids is 1. The Balaban J connectivity index is 2.77. The zero-order chi connectivity index (χ0) is 8.10. The molecule has 3 heteroatoms.